The van der Waals surface area contributed by atoms with Gasteiger partial charge in [0.15, 0.2) is 0 Å². The van der Waals surface area contributed by atoms with Crippen LogP contribution >= 0.6 is 23.2 Å². The number of amides is 1. The van der Waals surface area contributed by atoms with E-state index in [4.69, 9.17) is 23.2 Å². The number of halogens is 2. The van der Waals surface area contributed by atoms with Gasteiger partial charge in [-0.25, -0.2) is 14.8 Å². The second-order valence-corrected chi connectivity index (χ2v) is 8.72. The Morgan fingerprint density at radius 2 is 1.49 bits per heavy atom. The number of para-hydroxylation sites is 1. The lowest BCUT2D eigenvalue weighted by Crippen LogP contribution is -2.40. The molecule has 1 heterocycles. The van der Waals surface area contributed by atoms with Crippen molar-refractivity contribution in [2.45, 2.75) is 12.5 Å². The third-order valence-electron chi connectivity index (χ3n) is 5.39. The Morgan fingerprint density at radius 1 is 0.865 bits per heavy atom. The van der Waals surface area contributed by atoms with Crippen LogP contribution in [0.3, 0.4) is 0 Å². The first-order chi connectivity index (χ1) is 17.9. The van der Waals surface area contributed by atoms with Gasteiger partial charge >= 0.3 is 5.97 Å². The number of hydrogen-bond donors (Lipinski definition) is 2. The molecule has 7 nitrogen and oxygen atoms in total. The summed E-state index contributed by atoms with van der Waals surface area (Å²) < 4.78 is 0. The summed E-state index contributed by atoms with van der Waals surface area (Å²) in [5.74, 6) is -1.28. The number of nitrogens with zero attached hydrogens (tertiary/aromatic N) is 3. The Morgan fingerprint density at radius 3 is 2.11 bits per heavy atom. The van der Waals surface area contributed by atoms with Gasteiger partial charge in [0.25, 0.3) is 5.91 Å². The highest BCUT2D eigenvalue weighted by atomic mass is 35.5. The summed E-state index contributed by atoms with van der Waals surface area (Å²) in [6.45, 7) is 0. The SMILES string of the molecule is O=C(NC(CC=Cc1ccc(N(c2ccccc2)c2ncccn2)cc1)C(=O)O)c1c(Cl)cccc1Cl. The van der Waals surface area contributed by atoms with Crippen LogP contribution in [-0.4, -0.2) is 33.0 Å². The molecule has 2 N–H and O–H groups in total. The molecule has 186 valence electrons. The van der Waals surface area contributed by atoms with Crippen LogP contribution in [0, 0.1) is 0 Å². The molecule has 4 rings (SSSR count). The highest BCUT2D eigenvalue weighted by Gasteiger charge is 2.22. The van der Waals surface area contributed by atoms with Crippen molar-refractivity contribution in [2.75, 3.05) is 4.90 Å². The van der Waals surface area contributed by atoms with Crippen LogP contribution in [0.4, 0.5) is 17.3 Å². The molecule has 9 heteroatoms. The zero-order chi connectivity index (χ0) is 26.2. The van der Waals surface area contributed by atoms with Crippen molar-refractivity contribution in [3.63, 3.8) is 0 Å². The molecule has 4 aromatic rings. The first-order valence-electron chi connectivity index (χ1n) is 11.3. The average Bonchev–Trinajstić information content (AvgIpc) is 2.90. The first kappa shape index (κ1) is 25.9. The molecular weight excluding hydrogens is 511 g/mol. The fourth-order valence-corrected chi connectivity index (χ4v) is 4.17. The van der Waals surface area contributed by atoms with E-state index in [-0.39, 0.29) is 22.0 Å². The molecular formula is C28H22Cl2N4O3. The molecule has 1 atom stereocenters. The highest BCUT2D eigenvalue weighted by Crippen LogP contribution is 2.31. The Balaban J connectivity index is 1.47. The smallest absolute Gasteiger partial charge is 0.326 e. The highest BCUT2D eigenvalue weighted by molar-refractivity contribution is 6.39. The predicted octanol–water partition coefficient (Wildman–Crippen LogP) is 6.54. The van der Waals surface area contributed by atoms with Crippen molar-refractivity contribution < 1.29 is 14.7 Å². The van der Waals surface area contributed by atoms with Crippen LogP contribution in [0.2, 0.25) is 10.0 Å². The number of anilines is 3. The Kier molecular flexibility index (Phi) is 8.51. The van der Waals surface area contributed by atoms with Crippen molar-refractivity contribution in [1.29, 1.82) is 0 Å². The monoisotopic (exact) mass is 532 g/mol. The maximum atomic E-state index is 12.6. The van der Waals surface area contributed by atoms with Crippen LogP contribution < -0.4 is 10.2 Å². The molecule has 1 unspecified atom stereocenters. The van der Waals surface area contributed by atoms with E-state index in [1.165, 1.54) is 12.1 Å². The molecule has 0 aliphatic carbocycles. The summed E-state index contributed by atoms with van der Waals surface area (Å²) in [5, 5.41) is 12.4. The lowest BCUT2D eigenvalue weighted by atomic mass is 10.1. The number of carbonyl (C=O) groups is 2. The van der Waals surface area contributed by atoms with Crippen molar-refractivity contribution in [3.05, 3.63) is 119 Å². The normalized spacial score (nSPS) is 11.7. The minimum absolute atomic E-state index is 0.0435. The molecule has 37 heavy (non-hydrogen) atoms. The van der Waals surface area contributed by atoms with Gasteiger partial charge in [0.2, 0.25) is 5.95 Å². The average molecular weight is 533 g/mol. The third-order valence-corrected chi connectivity index (χ3v) is 6.02. The molecule has 0 fully saturated rings. The number of benzene rings is 3. The number of nitrogens with one attached hydrogen (secondary N) is 1. The number of aliphatic carboxylic acids is 1. The summed E-state index contributed by atoms with van der Waals surface area (Å²) in [4.78, 5) is 35.0. The van der Waals surface area contributed by atoms with Crippen LogP contribution in [0.15, 0.2) is 97.3 Å². The van der Waals surface area contributed by atoms with Gasteiger partial charge in [0, 0.05) is 23.8 Å². The van der Waals surface area contributed by atoms with Crippen LogP contribution in [0.5, 0.6) is 0 Å². The van der Waals surface area contributed by atoms with E-state index in [0.717, 1.165) is 16.9 Å². The van der Waals surface area contributed by atoms with E-state index in [2.05, 4.69) is 15.3 Å². The minimum atomic E-state index is -1.17. The molecule has 3 aromatic carbocycles. The molecule has 0 aliphatic rings. The zero-order valence-corrected chi connectivity index (χ0v) is 21.0. The molecule has 0 aliphatic heterocycles. The molecule has 0 saturated heterocycles. The van der Waals surface area contributed by atoms with Gasteiger partial charge in [-0.15, -0.1) is 0 Å². The topological polar surface area (TPSA) is 95.4 Å². The Bertz CT molecular complexity index is 1340. The van der Waals surface area contributed by atoms with Crippen molar-refractivity contribution in [2.24, 2.45) is 0 Å². The summed E-state index contributed by atoms with van der Waals surface area (Å²) in [6, 6.07) is 22.7. The zero-order valence-electron chi connectivity index (χ0n) is 19.5. The van der Waals surface area contributed by atoms with E-state index in [9.17, 15) is 14.7 Å². The minimum Gasteiger partial charge on any atom is -0.480 e. The number of carbonyl (C=O) groups excluding carboxylic acids is 1. The standard InChI is InChI=1S/C28H22Cl2N4O3/c29-22-10-5-11-23(30)25(22)26(35)33-24(27(36)37)12-4-7-19-13-15-21(16-14-19)34(20-8-2-1-3-9-20)28-31-17-6-18-32-28/h1-11,13-18,24H,12H2,(H,33,35)(H,36,37). The van der Waals surface area contributed by atoms with Gasteiger partial charge in [-0.1, -0.05) is 71.8 Å². The Labute approximate surface area is 224 Å². The second kappa shape index (κ2) is 12.2. The van der Waals surface area contributed by atoms with E-state index < -0.39 is 17.9 Å². The number of hydrogen-bond acceptors (Lipinski definition) is 5. The third kappa shape index (κ3) is 6.52. The summed E-state index contributed by atoms with van der Waals surface area (Å²) in [7, 11) is 0. The quantitative estimate of drug-likeness (QED) is 0.254. The maximum absolute atomic E-state index is 12.6. The molecule has 0 spiro atoms. The number of carboxylic acids is 1. The molecule has 1 aromatic heterocycles. The maximum Gasteiger partial charge on any atom is 0.326 e. The summed E-state index contributed by atoms with van der Waals surface area (Å²) in [5.41, 5.74) is 2.68. The van der Waals surface area contributed by atoms with Crippen LogP contribution in [0.1, 0.15) is 22.3 Å². The number of rotatable bonds is 9. The van der Waals surface area contributed by atoms with E-state index >= 15 is 0 Å². The summed E-state index contributed by atoms with van der Waals surface area (Å²) in [6.07, 6.45) is 6.93. The van der Waals surface area contributed by atoms with Gasteiger partial charge in [-0.2, -0.15) is 0 Å². The lowest BCUT2D eigenvalue weighted by Gasteiger charge is -2.22. The lowest BCUT2D eigenvalue weighted by molar-refractivity contribution is -0.139. The second-order valence-electron chi connectivity index (χ2n) is 7.91. The van der Waals surface area contributed by atoms with Gasteiger partial charge in [0.05, 0.1) is 15.6 Å². The Hall–Kier alpha value is -4.20. The van der Waals surface area contributed by atoms with Gasteiger partial charge in [-0.3, -0.25) is 9.69 Å². The number of carboxylic acid groups (broad SMARTS) is 1. The number of aromatic nitrogens is 2. The fourth-order valence-electron chi connectivity index (χ4n) is 3.61. The molecule has 1 amide bonds. The van der Waals surface area contributed by atoms with Crippen LogP contribution in [-0.2, 0) is 4.79 Å². The van der Waals surface area contributed by atoms with Gasteiger partial charge in [0.1, 0.15) is 6.04 Å². The molecule has 0 saturated carbocycles. The van der Waals surface area contributed by atoms with Crippen molar-refractivity contribution >= 4 is 58.5 Å². The molecule has 0 bridgehead atoms. The first-order valence-corrected chi connectivity index (χ1v) is 12.1. The molecule has 0 radical (unpaired) electrons. The predicted molar refractivity (Wildman–Crippen MR) is 146 cm³/mol. The summed E-state index contributed by atoms with van der Waals surface area (Å²) >= 11 is 12.1. The van der Waals surface area contributed by atoms with Crippen LogP contribution in [0.25, 0.3) is 6.08 Å². The van der Waals surface area contributed by atoms with Gasteiger partial charge < -0.3 is 10.4 Å². The van der Waals surface area contributed by atoms with E-state index in [1.807, 2.05) is 59.5 Å². The van der Waals surface area contributed by atoms with E-state index in [0.29, 0.717) is 5.95 Å². The van der Waals surface area contributed by atoms with Crippen molar-refractivity contribution in [3.8, 4) is 0 Å². The van der Waals surface area contributed by atoms with Gasteiger partial charge in [-0.05, 0) is 54.4 Å². The largest absolute Gasteiger partial charge is 0.480 e. The fraction of sp³-hybridized carbons (Fsp3) is 0.0714. The van der Waals surface area contributed by atoms with Crippen molar-refractivity contribution in [1.82, 2.24) is 15.3 Å². The van der Waals surface area contributed by atoms with E-state index in [1.54, 1.807) is 36.7 Å².